The van der Waals surface area contributed by atoms with Crippen molar-refractivity contribution >= 4 is 5.91 Å². The summed E-state index contributed by atoms with van der Waals surface area (Å²) in [6.45, 7) is 3.14. The van der Waals surface area contributed by atoms with Crippen molar-refractivity contribution in [1.29, 1.82) is 0 Å². The standard InChI is InChI=1S/C17H24F3N3O/c1-11-8-15(22-21-11)13-5-3-7-23(10-13)16(24)12-4-2-6-14(9-12)17(18,19)20/h8,12-14H,2-7,9-10H2,1H3,(H,21,22)/t12-,13-,14+/m1/s1. The summed E-state index contributed by atoms with van der Waals surface area (Å²) in [5, 5.41) is 7.20. The maximum absolute atomic E-state index is 13.0. The SMILES string of the molecule is Cc1cc([C@@H]2CCCN(C(=O)[C@@H]3CCC[C@H](C(F)(F)F)C3)C2)n[nH]1. The fraction of sp³-hybridized carbons (Fsp3) is 0.765. The molecular weight excluding hydrogens is 319 g/mol. The van der Waals surface area contributed by atoms with E-state index in [0.717, 1.165) is 24.2 Å². The van der Waals surface area contributed by atoms with Gasteiger partial charge in [0.15, 0.2) is 0 Å². The monoisotopic (exact) mass is 343 g/mol. The second kappa shape index (κ2) is 6.76. The molecular formula is C17H24F3N3O. The van der Waals surface area contributed by atoms with Gasteiger partial charge in [-0.1, -0.05) is 6.42 Å². The summed E-state index contributed by atoms with van der Waals surface area (Å²) in [5.74, 6) is -1.73. The third-order valence-electron chi connectivity index (χ3n) is 5.36. The third-order valence-corrected chi connectivity index (χ3v) is 5.36. The summed E-state index contributed by atoms with van der Waals surface area (Å²) in [4.78, 5) is 14.5. The van der Waals surface area contributed by atoms with Crippen LogP contribution in [-0.2, 0) is 4.79 Å². The zero-order chi connectivity index (χ0) is 17.3. The van der Waals surface area contributed by atoms with Gasteiger partial charge in [-0.25, -0.2) is 0 Å². The second-order valence-electron chi connectivity index (χ2n) is 7.20. The number of nitrogens with zero attached hydrogens (tertiary/aromatic N) is 2. The highest BCUT2D eigenvalue weighted by Crippen LogP contribution is 2.41. The average Bonchev–Trinajstić information content (AvgIpc) is 3.00. The molecule has 4 nitrogen and oxygen atoms in total. The Balaban J connectivity index is 1.64. The van der Waals surface area contributed by atoms with Crippen LogP contribution in [0.2, 0.25) is 0 Å². The van der Waals surface area contributed by atoms with E-state index < -0.39 is 18.0 Å². The van der Waals surface area contributed by atoms with Crippen molar-refractivity contribution in [3.05, 3.63) is 17.5 Å². The van der Waals surface area contributed by atoms with E-state index in [9.17, 15) is 18.0 Å². The van der Waals surface area contributed by atoms with Gasteiger partial charge >= 0.3 is 6.18 Å². The molecule has 0 unspecified atom stereocenters. The molecule has 0 radical (unpaired) electrons. The molecule has 1 N–H and O–H groups in total. The Hall–Kier alpha value is -1.53. The topological polar surface area (TPSA) is 49.0 Å². The molecule has 1 aromatic rings. The van der Waals surface area contributed by atoms with Crippen molar-refractivity contribution in [3.63, 3.8) is 0 Å². The number of aromatic nitrogens is 2. The Morgan fingerprint density at radius 1 is 1.29 bits per heavy atom. The van der Waals surface area contributed by atoms with E-state index in [2.05, 4.69) is 10.2 Å². The number of aromatic amines is 1. The zero-order valence-corrected chi connectivity index (χ0v) is 13.9. The van der Waals surface area contributed by atoms with Crippen molar-refractivity contribution in [2.45, 2.75) is 57.5 Å². The first kappa shape index (κ1) is 17.3. The van der Waals surface area contributed by atoms with Crippen molar-refractivity contribution in [2.24, 2.45) is 11.8 Å². The van der Waals surface area contributed by atoms with Gasteiger partial charge in [-0.05, 0) is 45.1 Å². The molecule has 1 saturated heterocycles. The fourth-order valence-electron chi connectivity index (χ4n) is 4.04. The van der Waals surface area contributed by atoms with Gasteiger partial charge in [-0.2, -0.15) is 18.3 Å². The lowest BCUT2D eigenvalue weighted by Gasteiger charge is -2.37. The smallest absolute Gasteiger partial charge is 0.342 e. The number of halogens is 3. The summed E-state index contributed by atoms with van der Waals surface area (Å²) < 4.78 is 38.9. The molecule has 3 rings (SSSR count). The van der Waals surface area contributed by atoms with Crippen LogP contribution in [0.15, 0.2) is 6.07 Å². The Morgan fingerprint density at radius 3 is 2.75 bits per heavy atom. The minimum absolute atomic E-state index is 0.0506. The molecule has 1 aliphatic carbocycles. The van der Waals surface area contributed by atoms with Gasteiger partial charge in [0.2, 0.25) is 5.91 Å². The zero-order valence-electron chi connectivity index (χ0n) is 13.9. The van der Waals surface area contributed by atoms with E-state index in [1.54, 1.807) is 4.90 Å². The predicted octanol–water partition coefficient (Wildman–Crippen LogP) is 3.79. The van der Waals surface area contributed by atoms with E-state index in [4.69, 9.17) is 0 Å². The number of aryl methyl sites for hydroxylation is 1. The summed E-state index contributed by atoms with van der Waals surface area (Å²) in [5.41, 5.74) is 1.93. The van der Waals surface area contributed by atoms with Crippen molar-refractivity contribution in [2.75, 3.05) is 13.1 Å². The number of hydrogen-bond acceptors (Lipinski definition) is 2. The molecule has 134 valence electrons. The molecule has 1 aliphatic heterocycles. The molecule has 1 amide bonds. The molecule has 2 fully saturated rings. The third kappa shape index (κ3) is 3.75. The van der Waals surface area contributed by atoms with Crippen LogP contribution in [0.4, 0.5) is 13.2 Å². The van der Waals surface area contributed by atoms with E-state index in [1.165, 1.54) is 0 Å². The molecule has 0 bridgehead atoms. The van der Waals surface area contributed by atoms with E-state index in [-0.39, 0.29) is 24.7 Å². The molecule has 3 atom stereocenters. The fourth-order valence-corrected chi connectivity index (χ4v) is 4.04. The van der Waals surface area contributed by atoms with E-state index >= 15 is 0 Å². The summed E-state index contributed by atoms with van der Waals surface area (Å²) >= 11 is 0. The normalized spacial score (nSPS) is 28.8. The van der Waals surface area contributed by atoms with Gasteiger partial charge in [0.05, 0.1) is 11.6 Å². The quantitative estimate of drug-likeness (QED) is 0.888. The van der Waals surface area contributed by atoms with Crippen molar-refractivity contribution in [3.8, 4) is 0 Å². The van der Waals surface area contributed by atoms with E-state index in [0.29, 0.717) is 25.9 Å². The number of hydrogen-bond donors (Lipinski definition) is 1. The summed E-state index contributed by atoms with van der Waals surface area (Å²) in [6.07, 6.45) is -1.18. The average molecular weight is 343 g/mol. The summed E-state index contributed by atoms with van der Waals surface area (Å²) in [6, 6.07) is 1.99. The first-order valence-electron chi connectivity index (χ1n) is 8.72. The van der Waals surface area contributed by atoms with Crippen LogP contribution in [0.1, 0.15) is 55.8 Å². The lowest BCUT2D eigenvalue weighted by Crippen LogP contribution is -2.44. The number of H-pyrrole nitrogens is 1. The number of amides is 1. The number of alkyl halides is 3. The van der Waals surface area contributed by atoms with Crippen LogP contribution >= 0.6 is 0 Å². The number of nitrogens with one attached hydrogen (secondary N) is 1. The van der Waals surface area contributed by atoms with Crippen LogP contribution in [0.25, 0.3) is 0 Å². The van der Waals surface area contributed by atoms with Crippen molar-refractivity contribution in [1.82, 2.24) is 15.1 Å². The lowest BCUT2D eigenvalue weighted by atomic mass is 9.80. The van der Waals surface area contributed by atoms with Gasteiger partial charge in [0.1, 0.15) is 0 Å². The van der Waals surface area contributed by atoms with Crippen LogP contribution in [-0.4, -0.2) is 40.3 Å². The first-order chi connectivity index (χ1) is 11.3. The molecule has 0 aromatic carbocycles. The van der Waals surface area contributed by atoms with Crippen molar-refractivity contribution < 1.29 is 18.0 Å². The largest absolute Gasteiger partial charge is 0.391 e. The number of rotatable bonds is 2. The first-order valence-corrected chi connectivity index (χ1v) is 8.72. The van der Waals surface area contributed by atoms with Gasteiger partial charge in [-0.3, -0.25) is 9.89 Å². The Bertz CT molecular complexity index is 584. The maximum Gasteiger partial charge on any atom is 0.391 e. The molecule has 2 aliphatic rings. The highest BCUT2D eigenvalue weighted by atomic mass is 19.4. The molecule has 1 aromatic heterocycles. The minimum atomic E-state index is -4.18. The number of carbonyl (C=O) groups is 1. The predicted molar refractivity (Wildman–Crippen MR) is 83.4 cm³/mol. The highest BCUT2D eigenvalue weighted by molar-refractivity contribution is 5.79. The van der Waals surface area contributed by atoms with Crippen LogP contribution in [0, 0.1) is 18.8 Å². The molecule has 24 heavy (non-hydrogen) atoms. The van der Waals surface area contributed by atoms with Gasteiger partial charge in [0.25, 0.3) is 0 Å². The second-order valence-corrected chi connectivity index (χ2v) is 7.20. The lowest BCUT2D eigenvalue weighted by molar-refractivity contribution is -0.187. The van der Waals surface area contributed by atoms with Crippen LogP contribution in [0.3, 0.4) is 0 Å². The Kier molecular flexibility index (Phi) is 4.88. The number of piperidine rings is 1. The summed E-state index contributed by atoms with van der Waals surface area (Å²) in [7, 11) is 0. The molecule has 2 heterocycles. The molecule has 0 spiro atoms. The van der Waals surface area contributed by atoms with Gasteiger partial charge < -0.3 is 4.90 Å². The number of carbonyl (C=O) groups excluding carboxylic acids is 1. The van der Waals surface area contributed by atoms with Crippen LogP contribution in [0.5, 0.6) is 0 Å². The highest BCUT2D eigenvalue weighted by Gasteiger charge is 2.44. The van der Waals surface area contributed by atoms with Crippen LogP contribution < -0.4 is 0 Å². The van der Waals surface area contributed by atoms with Gasteiger partial charge in [0, 0.05) is 30.6 Å². The Morgan fingerprint density at radius 2 is 2.08 bits per heavy atom. The number of likely N-dealkylation sites (tertiary alicyclic amines) is 1. The minimum Gasteiger partial charge on any atom is -0.342 e. The molecule has 7 heteroatoms. The Labute approximate surface area is 139 Å². The van der Waals surface area contributed by atoms with E-state index in [1.807, 2.05) is 13.0 Å². The maximum atomic E-state index is 13.0. The van der Waals surface area contributed by atoms with Gasteiger partial charge in [-0.15, -0.1) is 0 Å². The molecule has 1 saturated carbocycles.